The average molecular weight is 311 g/mol. The van der Waals surface area contributed by atoms with Crippen LogP contribution >= 0.6 is 0 Å². The van der Waals surface area contributed by atoms with Gasteiger partial charge in [-0.25, -0.2) is 12.7 Å². The molecule has 0 aliphatic heterocycles. The van der Waals surface area contributed by atoms with Crippen molar-refractivity contribution in [2.75, 3.05) is 25.1 Å². The highest BCUT2D eigenvalue weighted by molar-refractivity contribution is 7.89. The Bertz CT molecular complexity index is 712. The predicted molar refractivity (Wildman–Crippen MR) is 77.9 cm³/mol. The number of tetrazole rings is 1. The second-order valence-electron chi connectivity index (χ2n) is 4.64. The van der Waals surface area contributed by atoms with Crippen LogP contribution < -0.4 is 11.1 Å². The summed E-state index contributed by atoms with van der Waals surface area (Å²) < 4.78 is 25.5. The van der Waals surface area contributed by atoms with Gasteiger partial charge in [-0.15, -0.1) is 10.2 Å². The van der Waals surface area contributed by atoms with Crippen molar-refractivity contribution in [3.05, 3.63) is 24.0 Å². The van der Waals surface area contributed by atoms with Crippen LogP contribution in [0.25, 0.3) is 0 Å². The highest BCUT2D eigenvalue weighted by Crippen LogP contribution is 2.30. The lowest BCUT2D eigenvalue weighted by atomic mass is 10.2. The summed E-state index contributed by atoms with van der Waals surface area (Å²) >= 11 is 0. The number of sulfonamides is 1. The van der Waals surface area contributed by atoms with Gasteiger partial charge < -0.3 is 11.1 Å². The van der Waals surface area contributed by atoms with E-state index < -0.39 is 10.0 Å². The Balaban J connectivity index is 2.35. The first kappa shape index (κ1) is 15.2. The van der Waals surface area contributed by atoms with Gasteiger partial charge in [0.25, 0.3) is 0 Å². The maximum absolute atomic E-state index is 12.2. The van der Waals surface area contributed by atoms with Gasteiger partial charge in [-0.1, -0.05) is 11.3 Å². The van der Waals surface area contributed by atoms with Gasteiger partial charge in [0, 0.05) is 14.1 Å². The van der Waals surface area contributed by atoms with Crippen molar-refractivity contribution >= 4 is 21.4 Å². The average Bonchev–Trinajstić information content (AvgIpc) is 2.94. The number of nitrogens with one attached hydrogen (secondary N) is 2. The Morgan fingerprint density at radius 3 is 2.67 bits per heavy atom. The van der Waals surface area contributed by atoms with E-state index in [0.717, 1.165) is 4.31 Å². The van der Waals surface area contributed by atoms with Gasteiger partial charge in [0.15, 0.2) is 5.82 Å². The fourth-order valence-electron chi connectivity index (χ4n) is 1.74. The minimum Gasteiger partial charge on any atom is -0.396 e. The van der Waals surface area contributed by atoms with E-state index in [2.05, 4.69) is 25.9 Å². The molecule has 0 saturated heterocycles. The summed E-state index contributed by atoms with van der Waals surface area (Å²) in [4.78, 5) is 0.0535. The Morgan fingerprint density at radius 1 is 1.38 bits per heavy atom. The summed E-state index contributed by atoms with van der Waals surface area (Å²) in [5.74, 6) is 0.454. The highest BCUT2D eigenvalue weighted by atomic mass is 32.2. The summed E-state index contributed by atoms with van der Waals surface area (Å²) in [6, 6.07) is 4.51. The zero-order chi connectivity index (χ0) is 15.6. The van der Waals surface area contributed by atoms with Gasteiger partial charge in [0.05, 0.1) is 17.4 Å². The van der Waals surface area contributed by atoms with Crippen LogP contribution in [0.1, 0.15) is 18.8 Å². The van der Waals surface area contributed by atoms with Crippen molar-refractivity contribution in [1.29, 1.82) is 0 Å². The fraction of sp³-hybridized carbons (Fsp3) is 0.364. The monoisotopic (exact) mass is 311 g/mol. The third kappa shape index (κ3) is 2.95. The number of aromatic nitrogens is 4. The number of para-hydroxylation sites is 1. The smallest absolute Gasteiger partial charge is 0.244 e. The van der Waals surface area contributed by atoms with Crippen molar-refractivity contribution in [1.82, 2.24) is 24.9 Å². The van der Waals surface area contributed by atoms with E-state index in [0.29, 0.717) is 11.5 Å². The predicted octanol–water partition coefficient (Wildman–Crippen LogP) is 0.205. The number of nitrogens with two attached hydrogens (primary N) is 1. The lowest BCUT2D eigenvalue weighted by Gasteiger charge is -2.18. The van der Waals surface area contributed by atoms with Crippen LogP contribution in [0, 0.1) is 0 Å². The molecule has 114 valence electrons. The topological polar surface area (TPSA) is 130 Å². The van der Waals surface area contributed by atoms with Gasteiger partial charge in [-0.3, -0.25) is 0 Å². The molecular formula is C11H17N7O2S. The number of H-pyrrole nitrogens is 1. The number of nitrogen functional groups attached to an aromatic ring is 1. The second-order valence-corrected chi connectivity index (χ2v) is 6.76. The molecule has 0 spiro atoms. The Labute approximate surface area is 122 Å². The summed E-state index contributed by atoms with van der Waals surface area (Å²) in [7, 11) is -0.691. The molecule has 0 fully saturated rings. The molecular weight excluding hydrogens is 294 g/mol. The van der Waals surface area contributed by atoms with Crippen molar-refractivity contribution in [2.24, 2.45) is 0 Å². The molecule has 0 aliphatic carbocycles. The van der Waals surface area contributed by atoms with Crippen molar-refractivity contribution in [3.63, 3.8) is 0 Å². The maximum atomic E-state index is 12.2. The van der Waals surface area contributed by atoms with Crippen LogP contribution in [0.5, 0.6) is 0 Å². The number of aromatic amines is 1. The van der Waals surface area contributed by atoms with Crippen molar-refractivity contribution < 1.29 is 8.42 Å². The molecule has 4 N–H and O–H groups in total. The van der Waals surface area contributed by atoms with Crippen LogP contribution in [0.2, 0.25) is 0 Å². The molecule has 2 rings (SSSR count). The van der Waals surface area contributed by atoms with Crippen LogP contribution in [0.3, 0.4) is 0 Å². The van der Waals surface area contributed by atoms with Gasteiger partial charge in [-0.05, 0) is 19.1 Å². The molecule has 2 aromatic rings. The summed E-state index contributed by atoms with van der Waals surface area (Å²) in [6.07, 6.45) is 0. The summed E-state index contributed by atoms with van der Waals surface area (Å²) in [5, 5.41) is 16.6. The SMILES string of the molecule is CC(Nc1cccc(S(=O)(=O)N(C)C)c1N)c1nn[nH]n1. The lowest BCUT2D eigenvalue weighted by molar-refractivity contribution is 0.521. The zero-order valence-corrected chi connectivity index (χ0v) is 12.7. The fourth-order valence-corrected chi connectivity index (χ4v) is 2.77. The number of hydrogen-bond acceptors (Lipinski definition) is 7. The molecule has 1 aromatic heterocycles. The molecule has 10 heteroatoms. The number of rotatable bonds is 5. The number of anilines is 2. The Morgan fingerprint density at radius 2 is 2.10 bits per heavy atom. The molecule has 0 bridgehead atoms. The first-order valence-electron chi connectivity index (χ1n) is 6.15. The second kappa shape index (κ2) is 5.66. The molecule has 0 amide bonds. The molecule has 21 heavy (non-hydrogen) atoms. The Kier molecular flexibility index (Phi) is 4.09. The van der Waals surface area contributed by atoms with Crippen LogP contribution in [-0.2, 0) is 10.0 Å². The number of nitrogens with zero attached hydrogens (tertiary/aromatic N) is 4. The minimum atomic E-state index is -3.60. The molecule has 0 radical (unpaired) electrons. The van der Waals surface area contributed by atoms with Gasteiger partial charge in [0.1, 0.15) is 4.90 Å². The van der Waals surface area contributed by atoms with E-state index >= 15 is 0 Å². The van der Waals surface area contributed by atoms with E-state index in [4.69, 9.17) is 5.73 Å². The molecule has 1 heterocycles. The van der Waals surface area contributed by atoms with Gasteiger partial charge in [-0.2, -0.15) is 5.21 Å². The maximum Gasteiger partial charge on any atom is 0.244 e. The third-order valence-electron chi connectivity index (χ3n) is 2.95. The van der Waals surface area contributed by atoms with Crippen molar-refractivity contribution in [2.45, 2.75) is 17.9 Å². The van der Waals surface area contributed by atoms with E-state index in [1.165, 1.54) is 20.2 Å². The standard InChI is InChI=1S/C11H17N7O2S/c1-7(11-14-16-17-15-11)13-8-5-4-6-9(10(8)12)21(19,20)18(2)3/h4-7,13H,12H2,1-3H3,(H,14,15,16,17). The number of hydrogen-bond donors (Lipinski definition) is 3. The zero-order valence-electron chi connectivity index (χ0n) is 11.9. The largest absolute Gasteiger partial charge is 0.396 e. The first-order valence-corrected chi connectivity index (χ1v) is 7.59. The number of benzene rings is 1. The third-order valence-corrected chi connectivity index (χ3v) is 4.82. The van der Waals surface area contributed by atoms with Gasteiger partial charge >= 0.3 is 0 Å². The van der Waals surface area contributed by atoms with E-state index in [1.54, 1.807) is 12.1 Å². The van der Waals surface area contributed by atoms with Crippen LogP contribution in [0.4, 0.5) is 11.4 Å². The normalized spacial score (nSPS) is 13.3. The first-order chi connectivity index (χ1) is 9.84. The molecule has 1 aromatic carbocycles. The minimum absolute atomic E-state index is 0.0535. The van der Waals surface area contributed by atoms with Crippen molar-refractivity contribution in [3.8, 4) is 0 Å². The van der Waals surface area contributed by atoms with E-state index in [1.807, 2.05) is 6.92 Å². The van der Waals surface area contributed by atoms with E-state index in [9.17, 15) is 8.42 Å². The quantitative estimate of drug-likeness (QED) is 0.673. The van der Waals surface area contributed by atoms with Gasteiger partial charge in [0.2, 0.25) is 10.0 Å². The molecule has 1 unspecified atom stereocenters. The van der Waals surface area contributed by atoms with Crippen LogP contribution in [-0.4, -0.2) is 47.4 Å². The molecule has 1 atom stereocenters. The molecule has 0 aliphatic rings. The summed E-state index contributed by atoms with van der Waals surface area (Å²) in [6.45, 7) is 1.82. The lowest BCUT2D eigenvalue weighted by Crippen LogP contribution is -2.23. The molecule has 9 nitrogen and oxygen atoms in total. The highest BCUT2D eigenvalue weighted by Gasteiger charge is 2.22. The van der Waals surface area contributed by atoms with Crippen LogP contribution in [0.15, 0.2) is 23.1 Å². The molecule has 0 saturated carbocycles. The summed E-state index contributed by atoms with van der Waals surface area (Å²) in [5.41, 5.74) is 6.63. The Hall–Kier alpha value is -2.20. The van der Waals surface area contributed by atoms with E-state index in [-0.39, 0.29) is 16.6 Å².